The molecule has 2 atom stereocenters. The monoisotopic (exact) mass is 544 g/mol. The lowest BCUT2D eigenvalue weighted by Crippen LogP contribution is -2.39. The number of hydrogen-bond acceptors (Lipinski definition) is 5. The van der Waals surface area contributed by atoms with E-state index in [1.165, 1.54) is 0 Å². The first-order valence-corrected chi connectivity index (χ1v) is 14.5. The van der Waals surface area contributed by atoms with E-state index in [4.69, 9.17) is 9.47 Å². The molecule has 2 N–H and O–H groups in total. The molecule has 0 radical (unpaired) electrons. The van der Waals surface area contributed by atoms with Crippen LogP contribution in [0.4, 0.5) is 0 Å². The van der Waals surface area contributed by atoms with Crippen molar-refractivity contribution in [3.05, 3.63) is 125 Å². The van der Waals surface area contributed by atoms with Crippen molar-refractivity contribution in [2.75, 3.05) is 20.8 Å². The summed E-state index contributed by atoms with van der Waals surface area (Å²) in [7, 11) is -0.495. The van der Waals surface area contributed by atoms with Gasteiger partial charge in [0.25, 0.3) is 0 Å². The first-order chi connectivity index (χ1) is 18.9. The molecule has 4 aromatic carbocycles. The summed E-state index contributed by atoms with van der Waals surface area (Å²) in [6.07, 6.45) is 1.65. The number of benzene rings is 4. The predicted octanol–water partition coefficient (Wildman–Crippen LogP) is 6.00. The fourth-order valence-electron chi connectivity index (χ4n) is 4.59. The van der Waals surface area contributed by atoms with Crippen molar-refractivity contribution in [3.63, 3.8) is 0 Å². The third-order valence-electron chi connectivity index (χ3n) is 6.68. The molecule has 0 fully saturated rings. The van der Waals surface area contributed by atoms with Crippen LogP contribution in [-0.2, 0) is 16.4 Å². The Morgan fingerprint density at radius 2 is 1.26 bits per heavy atom. The smallest absolute Gasteiger partial charge is 0.241 e. The molecule has 0 saturated carbocycles. The number of rotatable bonds is 13. The van der Waals surface area contributed by atoms with Gasteiger partial charge in [0.05, 0.1) is 31.2 Å². The summed E-state index contributed by atoms with van der Waals surface area (Å²) in [5.74, 6) is 1.52. The number of ether oxygens (including phenoxy) is 2. The van der Waals surface area contributed by atoms with Crippen molar-refractivity contribution in [3.8, 4) is 11.5 Å². The molecule has 0 spiro atoms. The Balaban J connectivity index is 1.59. The highest BCUT2D eigenvalue weighted by molar-refractivity contribution is 7.89. The molecule has 1 unspecified atom stereocenters. The molecule has 0 heterocycles. The maximum atomic E-state index is 13.5. The highest BCUT2D eigenvalue weighted by Crippen LogP contribution is 2.31. The highest BCUT2D eigenvalue weighted by Gasteiger charge is 2.29. The van der Waals surface area contributed by atoms with Crippen LogP contribution in [-0.4, -0.2) is 29.2 Å². The van der Waals surface area contributed by atoms with Crippen molar-refractivity contribution >= 4 is 10.0 Å². The average molecular weight is 545 g/mol. The van der Waals surface area contributed by atoms with Gasteiger partial charge in [0.2, 0.25) is 10.0 Å². The van der Waals surface area contributed by atoms with Crippen LogP contribution in [0.2, 0.25) is 0 Å². The second kappa shape index (κ2) is 13.4. The number of hydrogen-bond donors (Lipinski definition) is 2. The van der Waals surface area contributed by atoms with E-state index in [0.29, 0.717) is 6.54 Å². The largest absolute Gasteiger partial charge is 0.497 e. The standard InChI is InChI=1S/C32H36N2O4S/c1-24-16-18-30(19-17-24)39(35,36)34-32(27-14-8-5-9-15-27)31(26-12-6-4-7-13-26)33-20-10-11-25-21-28(37-2)23-29(22-25)38-3/h4-9,12-19,21-23,31-34H,10-11,20H2,1-3H3/t31?,32-/m1/s1. The maximum Gasteiger partial charge on any atom is 0.241 e. The molecular weight excluding hydrogens is 508 g/mol. The van der Waals surface area contributed by atoms with Crippen molar-refractivity contribution in [1.29, 1.82) is 0 Å². The fraction of sp³-hybridized carbons (Fsp3) is 0.250. The lowest BCUT2D eigenvalue weighted by molar-refractivity contribution is 0.393. The molecule has 0 bridgehead atoms. The van der Waals surface area contributed by atoms with Crippen molar-refractivity contribution in [2.24, 2.45) is 0 Å². The van der Waals surface area contributed by atoms with Crippen LogP contribution in [0.1, 0.15) is 40.8 Å². The van der Waals surface area contributed by atoms with Crippen LogP contribution in [0, 0.1) is 6.92 Å². The van der Waals surface area contributed by atoms with E-state index in [1.807, 2.05) is 97.9 Å². The predicted molar refractivity (Wildman–Crippen MR) is 156 cm³/mol. The molecule has 4 aromatic rings. The van der Waals surface area contributed by atoms with Gasteiger partial charge in [0, 0.05) is 6.07 Å². The summed E-state index contributed by atoms with van der Waals surface area (Å²) >= 11 is 0. The van der Waals surface area contributed by atoms with Crippen molar-refractivity contribution in [1.82, 2.24) is 10.0 Å². The summed E-state index contributed by atoms with van der Waals surface area (Å²) in [5, 5.41) is 3.66. The summed E-state index contributed by atoms with van der Waals surface area (Å²) in [5.41, 5.74) is 4.00. The van der Waals surface area contributed by atoms with Crippen LogP contribution >= 0.6 is 0 Å². The topological polar surface area (TPSA) is 76.7 Å². The molecule has 0 amide bonds. The maximum absolute atomic E-state index is 13.5. The Morgan fingerprint density at radius 3 is 1.79 bits per heavy atom. The average Bonchev–Trinajstić information content (AvgIpc) is 2.97. The number of aryl methyl sites for hydroxylation is 2. The van der Waals surface area contributed by atoms with Gasteiger partial charge in [-0.05, 0) is 67.3 Å². The molecule has 0 saturated heterocycles. The second-order valence-corrected chi connectivity index (χ2v) is 11.2. The van der Waals surface area contributed by atoms with Gasteiger partial charge in [-0.3, -0.25) is 0 Å². The van der Waals surface area contributed by atoms with Crippen LogP contribution in [0.5, 0.6) is 11.5 Å². The van der Waals surface area contributed by atoms with E-state index in [1.54, 1.807) is 26.4 Å². The van der Waals surface area contributed by atoms with Gasteiger partial charge < -0.3 is 14.8 Å². The van der Waals surface area contributed by atoms with Gasteiger partial charge in [-0.15, -0.1) is 0 Å². The Kier molecular flexibility index (Phi) is 9.76. The number of sulfonamides is 1. The van der Waals surface area contributed by atoms with Gasteiger partial charge in [-0.2, -0.15) is 0 Å². The Bertz CT molecular complexity index is 1400. The first kappa shape index (κ1) is 28.4. The van der Waals surface area contributed by atoms with Crippen molar-refractivity contribution in [2.45, 2.75) is 36.7 Å². The molecule has 0 aromatic heterocycles. The van der Waals surface area contributed by atoms with Crippen LogP contribution in [0.3, 0.4) is 0 Å². The zero-order valence-electron chi connectivity index (χ0n) is 22.6. The first-order valence-electron chi connectivity index (χ1n) is 13.0. The van der Waals surface area contributed by atoms with E-state index in [-0.39, 0.29) is 10.9 Å². The lowest BCUT2D eigenvalue weighted by Gasteiger charge is -2.30. The van der Waals surface area contributed by atoms with Gasteiger partial charge in [0.1, 0.15) is 11.5 Å². The highest BCUT2D eigenvalue weighted by atomic mass is 32.2. The molecule has 6 nitrogen and oxygen atoms in total. The van der Waals surface area contributed by atoms with Gasteiger partial charge >= 0.3 is 0 Å². The molecular formula is C32H36N2O4S. The quantitative estimate of drug-likeness (QED) is 0.202. The molecule has 0 aliphatic heterocycles. The summed E-state index contributed by atoms with van der Waals surface area (Å²) in [4.78, 5) is 0.243. The van der Waals surface area contributed by atoms with Crippen LogP contribution in [0.15, 0.2) is 108 Å². The van der Waals surface area contributed by atoms with E-state index in [2.05, 4.69) is 10.0 Å². The molecule has 0 aliphatic rings. The van der Waals surface area contributed by atoms with Gasteiger partial charge in [-0.1, -0.05) is 78.4 Å². The normalized spacial score (nSPS) is 13.0. The lowest BCUT2D eigenvalue weighted by atomic mass is 9.94. The molecule has 39 heavy (non-hydrogen) atoms. The van der Waals surface area contributed by atoms with Crippen molar-refractivity contribution < 1.29 is 17.9 Å². The van der Waals surface area contributed by atoms with Crippen LogP contribution < -0.4 is 19.5 Å². The zero-order chi connectivity index (χ0) is 27.7. The Labute approximate surface area is 232 Å². The summed E-state index contributed by atoms with van der Waals surface area (Å²) < 4.78 is 40.9. The minimum atomic E-state index is -3.78. The third-order valence-corrected chi connectivity index (χ3v) is 8.14. The Hall–Kier alpha value is -3.65. The van der Waals surface area contributed by atoms with Crippen LogP contribution in [0.25, 0.3) is 0 Å². The minimum Gasteiger partial charge on any atom is -0.497 e. The zero-order valence-corrected chi connectivity index (χ0v) is 23.4. The number of nitrogens with one attached hydrogen (secondary N) is 2. The number of methoxy groups -OCH3 is 2. The minimum absolute atomic E-state index is 0.243. The molecule has 204 valence electrons. The Morgan fingerprint density at radius 1 is 0.718 bits per heavy atom. The van der Waals surface area contributed by atoms with Gasteiger partial charge in [0.15, 0.2) is 0 Å². The second-order valence-electron chi connectivity index (χ2n) is 9.49. The summed E-state index contributed by atoms with van der Waals surface area (Å²) in [6, 6.07) is 31.7. The molecule has 0 aliphatic carbocycles. The summed E-state index contributed by atoms with van der Waals surface area (Å²) in [6.45, 7) is 2.61. The SMILES string of the molecule is COc1cc(CCCNC(c2ccccc2)[C@H](NS(=O)(=O)c2ccc(C)cc2)c2ccccc2)cc(OC)c1. The van der Waals surface area contributed by atoms with E-state index < -0.39 is 16.1 Å². The molecule has 4 rings (SSSR count). The van der Waals surface area contributed by atoms with E-state index in [0.717, 1.165) is 46.6 Å². The van der Waals surface area contributed by atoms with Gasteiger partial charge in [-0.25, -0.2) is 13.1 Å². The van der Waals surface area contributed by atoms with E-state index in [9.17, 15) is 8.42 Å². The molecule has 7 heteroatoms. The third kappa shape index (κ3) is 7.69. The fourth-order valence-corrected chi connectivity index (χ4v) is 5.83. The van der Waals surface area contributed by atoms with E-state index >= 15 is 0 Å².